The van der Waals surface area contributed by atoms with Crippen LogP contribution in [0.15, 0.2) is 0 Å². The maximum absolute atomic E-state index is 11.7. The Labute approximate surface area is 100 Å². The number of amides is 1. The van der Waals surface area contributed by atoms with E-state index in [0.717, 1.165) is 6.42 Å². The first-order valence-electron chi connectivity index (χ1n) is 5.12. The van der Waals surface area contributed by atoms with Gasteiger partial charge in [0.05, 0.1) is 12.6 Å². The fraction of sp³-hybridized carbons (Fsp3) is 0.889. The first kappa shape index (κ1) is 13.7. The molecule has 0 N–H and O–H groups in total. The minimum Gasteiger partial charge on any atom is -0.383 e. The largest absolute Gasteiger partial charge is 0.383 e. The second-order valence-corrected chi connectivity index (χ2v) is 6.77. The number of hydrogen-bond acceptors (Lipinski definition) is 4. The molecule has 1 fully saturated rings. The summed E-state index contributed by atoms with van der Waals surface area (Å²) >= 11 is 0. The Balaban J connectivity index is 2.74. The van der Waals surface area contributed by atoms with E-state index in [1.165, 1.54) is 0 Å². The molecule has 1 saturated heterocycles. The van der Waals surface area contributed by atoms with Gasteiger partial charge < -0.3 is 9.64 Å². The predicted molar refractivity (Wildman–Crippen MR) is 60.8 cm³/mol. The van der Waals surface area contributed by atoms with Crippen molar-refractivity contribution in [2.45, 2.75) is 31.1 Å². The third-order valence-corrected chi connectivity index (χ3v) is 4.66. The molecule has 0 spiro atoms. The predicted octanol–water partition coefficient (Wildman–Crippen LogP) is 0.581. The van der Waals surface area contributed by atoms with E-state index < -0.39 is 14.3 Å². The van der Waals surface area contributed by atoms with Gasteiger partial charge in [-0.05, 0) is 6.42 Å². The molecule has 1 aliphatic rings. The lowest BCUT2D eigenvalue weighted by molar-refractivity contribution is -0.130. The van der Waals surface area contributed by atoms with Crippen molar-refractivity contribution < 1.29 is 17.9 Å². The SMILES string of the molecule is CCC(COC)N1CC(S(=O)(=O)Cl)CC1=O. The van der Waals surface area contributed by atoms with Crippen LogP contribution in [-0.4, -0.2) is 50.8 Å². The summed E-state index contributed by atoms with van der Waals surface area (Å²) < 4.78 is 27.3. The van der Waals surface area contributed by atoms with Crippen LogP contribution in [0, 0.1) is 0 Å². The number of rotatable bonds is 5. The zero-order chi connectivity index (χ0) is 12.3. The van der Waals surface area contributed by atoms with Crippen molar-refractivity contribution in [2.24, 2.45) is 0 Å². The van der Waals surface area contributed by atoms with Gasteiger partial charge in [-0.15, -0.1) is 0 Å². The molecule has 0 bridgehead atoms. The average molecular weight is 270 g/mol. The minimum atomic E-state index is -3.66. The third kappa shape index (κ3) is 3.09. The Morgan fingerprint density at radius 1 is 1.62 bits per heavy atom. The van der Waals surface area contributed by atoms with Gasteiger partial charge in [0, 0.05) is 30.8 Å². The molecule has 0 aromatic rings. The van der Waals surface area contributed by atoms with Crippen LogP contribution >= 0.6 is 10.7 Å². The molecule has 0 aromatic carbocycles. The molecule has 94 valence electrons. The van der Waals surface area contributed by atoms with Crippen molar-refractivity contribution >= 4 is 25.6 Å². The van der Waals surface area contributed by atoms with Crippen molar-refractivity contribution in [3.63, 3.8) is 0 Å². The fourth-order valence-electron chi connectivity index (χ4n) is 1.86. The number of nitrogens with zero attached hydrogens (tertiary/aromatic N) is 1. The number of halogens is 1. The van der Waals surface area contributed by atoms with Crippen LogP contribution in [0.3, 0.4) is 0 Å². The van der Waals surface area contributed by atoms with E-state index in [1.54, 1.807) is 12.0 Å². The van der Waals surface area contributed by atoms with Crippen molar-refractivity contribution in [1.82, 2.24) is 4.90 Å². The second-order valence-electron chi connectivity index (χ2n) is 3.87. The summed E-state index contributed by atoms with van der Waals surface area (Å²) in [6.07, 6.45) is 0.709. The molecule has 0 aromatic heterocycles. The van der Waals surface area contributed by atoms with Gasteiger partial charge in [-0.2, -0.15) is 0 Å². The summed E-state index contributed by atoms with van der Waals surface area (Å²) in [5, 5.41) is -0.785. The van der Waals surface area contributed by atoms with Crippen LogP contribution in [0.25, 0.3) is 0 Å². The topological polar surface area (TPSA) is 63.7 Å². The van der Waals surface area contributed by atoms with E-state index in [4.69, 9.17) is 15.4 Å². The van der Waals surface area contributed by atoms with E-state index in [1.807, 2.05) is 6.92 Å². The number of ether oxygens (including phenoxy) is 1. The zero-order valence-corrected chi connectivity index (χ0v) is 10.9. The molecular formula is C9H16ClNO4S. The molecular weight excluding hydrogens is 254 g/mol. The molecule has 5 nitrogen and oxygen atoms in total. The Morgan fingerprint density at radius 3 is 2.62 bits per heavy atom. The highest BCUT2D eigenvalue weighted by Gasteiger charge is 2.39. The first-order valence-corrected chi connectivity index (χ1v) is 7.49. The molecule has 0 aliphatic carbocycles. The lowest BCUT2D eigenvalue weighted by atomic mass is 10.2. The lowest BCUT2D eigenvalue weighted by Crippen LogP contribution is -2.39. The third-order valence-electron chi connectivity index (χ3n) is 2.79. The number of carbonyl (C=O) groups excluding carboxylic acids is 1. The second kappa shape index (κ2) is 5.33. The highest BCUT2D eigenvalue weighted by atomic mass is 35.7. The molecule has 2 unspecified atom stereocenters. The normalized spacial score (nSPS) is 23.8. The Bertz CT molecular complexity index is 357. The van der Waals surface area contributed by atoms with Crippen molar-refractivity contribution in [3.05, 3.63) is 0 Å². The van der Waals surface area contributed by atoms with Gasteiger partial charge in [0.25, 0.3) is 0 Å². The van der Waals surface area contributed by atoms with Crippen LogP contribution in [-0.2, 0) is 18.6 Å². The number of carbonyl (C=O) groups is 1. The zero-order valence-electron chi connectivity index (χ0n) is 9.35. The molecule has 7 heteroatoms. The average Bonchev–Trinajstić information content (AvgIpc) is 2.56. The van der Waals surface area contributed by atoms with Crippen molar-refractivity contribution in [2.75, 3.05) is 20.3 Å². The lowest BCUT2D eigenvalue weighted by Gasteiger charge is -2.26. The van der Waals surface area contributed by atoms with Gasteiger partial charge in [0.2, 0.25) is 15.0 Å². The molecule has 2 atom stereocenters. The van der Waals surface area contributed by atoms with E-state index in [-0.39, 0.29) is 24.9 Å². The summed E-state index contributed by atoms with van der Waals surface area (Å²) in [7, 11) is 3.16. The summed E-state index contributed by atoms with van der Waals surface area (Å²) in [6.45, 7) is 2.52. The summed E-state index contributed by atoms with van der Waals surface area (Å²) in [6, 6.07) is -0.0686. The quantitative estimate of drug-likeness (QED) is 0.685. The Morgan fingerprint density at radius 2 is 2.25 bits per heavy atom. The summed E-state index contributed by atoms with van der Waals surface area (Å²) in [5.41, 5.74) is 0. The molecule has 16 heavy (non-hydrogen) atoms. The maximum atomic E-state index is 11.7. The maximum Gasteiger partial charge on any atom is 0.237 e. The van der Waals surface area contributed by atoms with Crippen LogP contribution < -0.4 is 0 Å². The smallest absolute Gasteiger partial charge is 0.237 e. The van der Waals surface area contributed by atoms with Crippen LogP contribution in [0.5, 0.6) is 0 Å². The fourth-order valence-corrected chi connectivity index (χ4v) is 2.90. The molecule has 1 amide bonds. The van der Waals surface area contributed by atoms with Gasteiger partial charge >= 0.3 is 0 Å². The Kier molecular flexibility index (Phi) is 4.58. The molecule has 1 rings (SSSR count). The molecule has 0 radical (unpaired) electrons. The highest BCUT2D eigenvalue weighted by molar-refractivity contribution is 8.14. The summed E-state index contributed by atoms with van der Waals surface area (Å²) in [4.78, 5) is 13.2. The van der Waals surface area contributed by atoms with E-state index in [2.05, 4.69) is 0 Å². The van der Waals surface area contributed by atoms with E-state index in [9.17, 15) is 13.2 Å². The van der Waals surface area contributed by atoms with Crippen LogP contribution in [0.4, 0.5) is 0 Å². The van der Waals surface area contributed by atoms with Gasteiger partial charge in [0.15, 0.2) is 0 Å². The van der Waals surface area contributed by atoms with Gasteiger partial charge in [-0.25, -0.2) is 8.42 Å². The molecule has 1 aliphatic heterocycles. The van der Waals surface area contributed by atoms with Gasteiger partial charge in [0.1, 0.15) is 5.25 Å². The van der Waals surface area contributed by atoms with Gasteiger partial charge in [-0.1, -0.05) is 6.92 Å². The number of methoxy groups -OCH3 is 1. The van der Waals surface area contributed by atoms with Gasteiger partial charge in [-0.3, -0.25) is 4.79 Å². The number of hydrogen-bond donors (Lipinski definition) is 0. The summed E-state index contributed by atoms with van der Waals surface area (Å²) in [5.74, 6) is -0.168. The minimum absolute atomic E-state index is 0.0218. The highest BCUT2D eigenvalue weighted by Crippen LogP contribution is 2.24. The standard InChI is InChI=1S/C9H16ClNO4S/c1-3-7(6-15-2)11-5-8(4-9(11)12)16(10,13)14/h7-8H,3-6H2,1-2H3. The van der Waals surface area contributed by atoms with Crippen LogP contribution in [0.1, 0.15) is 19.8 Å². The van der Waals surface area contributed by atoms with E-state index in [0.29, 0.717) is 6.61 Å². The monoisotopic (exact) mass is 269 g/mol. The number of likely N-dealkylation sites (tertiary alicyclic amines) is 1. The van der Waals surface area contributed by atoms with E-state index >= 15 is 0 Å². The molecule has 1 heterocycles. The molecule has 0 saturated carbocycles. The van der Waals surface area contributed by atoms with Crippen LogP contribution in [0.2, 0.25) is 0 Å². The van der Waals surface area contributed by atoms with Crippen molar-refractivity contribution in [1.29, 1.82) is 0 Å². The Hall–Kier alpha value is -0.330. The first-order chi connectivity index (χ1) is 7.40. The van der Waals surface area contributed by atoms with Crippen molar-refractivity contribution in [3.8, 4) is 0 Å².